The molecule has 0 radical (unpaired) electrons. The number of benzene rings is 7. The average Bonchev–Trinajstić information content (AvgIpc) is 3.53. The topological polar surface area (TPSA) is 62.8 Å². The molecule has 5 nitrogen and oxygen atoms in total. The number of nitrogens with one attached hydrogen (secondary N) is 1. The van der Waals surface area contributed by atoms with Gasteiger partial charge in [0.05, 0.1) is 0 Å². The van der Waals surface area contributed by atoms with Gasteiger partial charge in [0.1, 0.15) is 22.8 Å². The number of furan rings is 1. The fourth-order valence-corrected chi connectivity index (χ4v) is 7.20. The molecule has 0 bridgehead atoms. The zero-order valence-corrected chi connectivity index (χ0v) is 25.2. The lowest BCUT2D eigenvalue weighted by Gasteiger charge is -2.24. The van der Waals surface area contributed by atoms with Crippen LogP contribution in [0.3, 0.4) is 0 Å². The van der Waals surface area contributed by atoms with E-state index in [1.807, 2.05) is 24.4 Å². The van der Waals surface area contributed by atoms with Crippen LogP contribution in [0.5, 0.6) is 0 Å². The molecular formula is C42H26N4O. The molecule has 5 heteroatoms. The van der Waals surface area contributed by atoms with Crippen LogP contribution in [0.25, 0.3) is 65.0 Å². The Morgan fingerprint density at radius 3 is 2.17 bits per heavy atom. The standard InChI is InChI=1S/C42H26N4O/c1-2-10-27-22-29(19-16-25(27)8-1)40-44-41(33-14-7-15-37-39(33)35-24-43-21-20-36(35)47-37)46-42(45-40)34-23-28-18-17-26-9-3-4-11-30(26)38(28)32-13-6-5-12-31(32)34/h1-24,42H,(H,44,45,46). The van der Waals surface area contributed by atoms with Crippen molar-refractivity contribution in [3.63, 3.8) is 0 Å². The van der Waals surface area contributed by atoms with E-state index < -0.39 is 6.17 Å². The molecule has 1 atom stereocenters. The van der Waals surface area contributed by atoms with Crippen molar-refractivity contribution in [2.24, 2.45) is 9.98 Å². The van der Waals surface area contributed by atoms with E-state index in [0.29, 0.717) is 0 Å². The van der Waals surface area contributed by atoms with Gasteiger partial charge < -0.3 is 9.73 Å². The van der Waals surface area contributed by atoms with Crippen molar-refractivity contribution in [1.82, 2.24) is 10.3 Å². The molecule has 10 rings (SSSR count). The Morgan fingerprint density at radius 1 is 0.511 bits per heavy atom. The summed E-state index contributed by atoms with van der Waals surface area (Å²) in [4.78, 5) is 15.1. The molecule has 0 aliphatic carbocycles. The molecule has 9 aromatic rings. The number of hydrogen-bond donors (Lipinski definition) is 1. The molecular weight excluding hydrogens is 576 g/mol. The molecule has 0 fully saturated rings. The second kappa shape index (κ2) is 10.1. The quantitative estimate of drug-likeness (QED) is 0.205. The van der Waals surface area contributed by atoms with Crippen LogP contribution in [0.1, 0.15) is 22.9 Å². The highest BCUT2D eigenvalue weighted by molar-refractivity contribution is 6.24. The second-order valence-corrected chi connectivity index (χ2v) is 12.1. The minimum Gasteiger partial charge on any atom is -0.456 e. The molecule has 0 spiro atoms. The molecule has 1 N–H and O–H groups in total. The van der Waals surface area contributed by atoms with Crippen LogP contribution in [-0.2, 0) is 0 Å². The molecule has 0 amide bonds. The van der Waals surface area contributed by atoms with E-state index in [0.717, 1.165) is 61.1 Å². The fraction of sp³-hybridized carbons (Fsp3) is 0.0238. The largest absolute Gasteiger partial charge is 0.456 e. The van der Waals surface area contributed by atoms with Gasteiger partial charge in [0.15, 0.2) is 6.17 Å². The van der Waals surface area contributed by atoms with Gasteiger partial charge in [0.25, 0.3) is 0 Å². The van der Waals surface area contributed by atoms with Gasteiger partial charge in [-0.3, -0.25) is 4.98 Å². The van der Waals surface area contributed by atoms with E-state index in [2.05, 4.69) is 126 Å². The summed E-state index contributed by atoms with van der Waals surface area (Å²) < 4.78 is 6.24. The maximum atomic E-state index is 6.24. The Bertz CT molecular complexity index is 2790. The zero-order chi connectivity index (χ0) is 30.9. The number of hydrogen-bond acceptors (Lipinski definition) is 5. The van der Waals surface area contributed by atoms with Crippen molar-refractivity contribution in [2.45, 2.75) is 6.17 Å². The predicted octanol–water partition coefficient (Wildman–Crippen LogP) is 10.1. The van der Waals surface area contributed by atoms with Gasteiger partial charge in [-0.25, -0.2) is 9.98 Å². The monoisotopic (exact) mass is 602 g/mol. The second-order valence-electron chi connectivity index (χ2n) is 12.1. The smallest absolute Gasteiger partial charge is 0.170 e. The molecule has 47 heavy (non-hydrogen) atoms. The number of aromatic nitrogens is 1. The van der Waals surface area contributed by atoms with Gasteiger partial charge >= 0.3 is 0 Å². The van der Waals surface area contributed by atoms with Crippen LogP contribution in [-0.4, -0.2) is 16.7 Å². The van der Waals surface area contributed by atoms with Gasteiger partial charge in [-0.15, -0.1) is 0 Å². The van der Waals surface area contributed by atoms with Crippen molar-refractivity contribution in [1.29, 1.82) is 0 Å². The Labute approximate surface area is 269 Å². The molecule has 1 aliphatic rings. The van der Waals surface area contributed by atoms with Crippen LogP contribution >= 0.6 is 0 Å². The highest BCUT2D eigenvalue weighted by atomic mass is 16.3. The van der Waals surface area contributed by atoms with E-state index in [9.17, 15) is 0 Å². The van der Waals surface area contributed by atoms with Crippen LogP contribution in [0, 0.1) is 0 Å². The summed E-state index contributed by atoms with van der Waals surface area (Å²) in [5.74, 6) is 1.52. The van der Waals surface area contributed by atoms with Gasteiger partial charge in [-0.2, -0.15) is 0 Å². The molecule has 0 saturated heterocycles. The summed E-state index contributed by atoms with van der Waals surface area (Å²) in [6, 6.07) is 46.9. The molecule has 1 aliphatic heterocycles. The van der Waals surface area contributed by atoms with Crippen LogP contribution in [0.2, 0.25) is 0 Å². The maximum absolute atomic E-state index is 6.24. The van der Waals surface area contributed by atoms with Crippen LogP contribution in [0.15, 0.2) is 160 Å². The third-order valence-electron chi connectivity index (χ3n) is 9.37. The maximum Gasteiger partial charge on any atom is 0.170 e. The minimum atomic E-state index is -0.486. The molecule has 220 valence electrons. The highest BCUT2D eigenvalue weighted by Gasteiger charge is 2.25. The van der Waals surface area contributed by atoms with E-state index >= 15 is 0 Å². The number of aliphatic imine (C=N–C) groups is 2. The van der Waals surface area contributed by atoms with Crippen molar-refractivity contribution >= 4 is 76.7 Å². The highest BCUT2D eigenvalue weighted by Crippen LogP contribution is 2.39. The zero-order valence-electron chi connectivity index (χ0n) is 25.2. The lowest BCUT2D eigenvalue weighted by atomic mass is 9.92. The van der Waals surface area contributed by atoms with Crippen LogP contribution in [0.4, 0.5) is 0 Å². The summed E-state index contributed by atoms with van der Waals surface area (Å²) in [5, 5.41) is 15.2. The number of nitrogens with zero attached hydrogens (tertiary/aromatic N) is 3. The lowest BCUT2D eigenvalue weighted by molar-refractivity contribution is 0.668. The molecule has 2 aromatic heterocycles. The SMILES string of the molecule is c1ccc2cc(C3=NC(c4cc5ccc6ccccc6c5c5ccccc45)N=C(c4cccc5oc6ccncc6c45)N3)ccc2c1. The molecule has 1 unspecified atom stereocenters. The third-order valence-corrected chi connectivity index (χ3v) is 9.37. The number of amidine groups is 2. The lowest BCUT2D eigenvalue weighted by Crippen LogP contribution is -2.36. The molecule has 3 heterocycles. The molecule has 7 aromatic carbocycles. The van der Waals surface area contributed by atoms with Gasteiger partial charge in [0.2, 0.25) is 0 Å². The van der Waals surface area contributed by atoms with E-state index in [1.54, 1.807) is 6.20 Å². The van der Waals surface area contributed by atoms with Crippen molar-refractivity contribution in [3.8, 4) is 0 Å². The first-order valence-corrected chi connectivity index (χ1v) is 15.8. The molecule has 0 saturated carbocycles. The van der Waals surface area contributed by atoms with E-state index in [-0.39, 0.29) is 0 Å². The number of pyridine rings is 1. The summed E-state index contributed by atoms with van der Waals surface area (Å²) >= 11 is 0. The Balaban J connectivity index is 1.24. The first-order chi connectivity index (χ1) is 23.3. The van der Waals surface area contributed by atoms with Gasteiger partial charge in [-0.05, 0) is 67.4 Å². The minimum absolute atomic E-state index is 0.486. The normalized spacial score (nSPS) is 15.0. The average molecular weight is 603 g/mol. The summed E-state index contributed by atoms with van der Waals surface area (Å²) in [5.41, 5.74) is 4.61. The fourth-order valence-electron chi connectivity index (χ4n) is 7.20. The summed E-state index contributed by atoms with van der Waals surface area (Å²) in [6.07, 6.45) is 3.14. The first kappa shape index (κ1) is 25.9. The third kappa shape index (κ3) is 4.07. The first-order valence-electron chi connectivity index (χ1n) is 15.8. The number of fused-ring (bicyclic) bond motifs is 9. The van der Waals surface area contributed by atoms with E-state index in [1.165, 1.54) is 32.3 Å². The van der Waals surface area contributed by atoms with E-state index in [4.69, 9.17) is 14.4 Å². The Hall–Kier alpha value is -6.33. The van der Waals surface area contributed by atoms with Crippen LogP contribution < -0.4 is 5.32 Å². The number of rotatable bonds is 3. The van der Waals surface area contributed by atoms with Crippen molar-refractivity contribution < 1.29 is 4.42 Å². The van der Waals surface area contributed by atoms with Crippen molar-refractivity contribution in [2.75, 3.05) is 0 Å². The summed E-state index contributed by atoms with van der Waals surface area (Å²) in [6.45, 7) is 0. The van der Waals surface area contributed by atoms with Gasteiger partial charge in [0, 0.05) is 39.9 Å². The Kier molecular flexibility index (Phi) is 5.57. The Morgan fingerprint density at radius 2 is 1.26 bits per heavy atom. The van der Waals surface area contributed by atoms with Gasteiger partial charge in [-0.1, -0.05) is 109 Å². The van der Waals surface area contributed by atoms with Crippen molar-refractivity contribution in [3.05, 3.63) is 163 Å². The predicted molar refractivity (Wildman–Crippen MR) is 193 cm³/mol. The summed E-state index contributed by atoms with van der Waals surface area (Å²) in [7, 11) is 0.